The molecule has 1 amide bonds. The monoisotopic (exact) mass is 533 g/mol. The van der Waals surface area contributed by atoms with E-state index in [1.807, 2.05) is 35.8 Å². The van der Waals surface area contributed by atoms with Gasteiger partial charge in [0.05, 0.1) is 6.54 Å². The number of carbonyl (C=O) groups excluding carboxylic acids is 1. The molecule has 0 aliphatic carbocycles. The van der Waals surface area contributed by atoms with Crippen LogP contribution in [0.4, 0.5) is 0 Å². The summed E-state index contributed by atoms with van der Waals surface area (Å²) in [6, 6.07) is 7.61. The number of aliphatic imine (C=N–C) groups is 1. The summed E-state index contributed by atoms with van der Waals surface area (Å²) in [5.41, 5.74) is 1.76. The second-order valence-corrected chi connectivity index (χ2v) is 8.26. The van der Waals surface area contributed by atoms with Crippen LogP contribution in [0.2, 0.25) is 0 Å². The fourth-order valence-corrected chi connectivity index (χ4v) is 3.89. The number of benzene rings is 1. The van der Waals surface area contributed by atoms with Gasteiger partial charge < -0.3 is 15.5 Å². The minimum absolute atomic E-state index is 0. The molecular formula is C19H28IN5OS2. The lowest BCUT2D eigenvalue weighted by molar-refractivity contribution is 0.0827. The van der Waals surface area contributed by atoms with Crippen LogP contribution in [0.1, 0.15) is 29.3 Å². The highest BCUT2D eigenvalue weighted by molar-refractivity contribution is 14.0. The molecule has 2 aromatic rings. The van der Waals surface area contributed by atoms with Crippen LogP contribution in [-0.2, 0) is 6.54 Å². The quantitative estimate of drug-likeness (QED) is 0.169. The molecule has 1 aromatic carbocycles. The second kappa shape index (κ2) is 13.8. The molecule has 0 aliphatic heterocycles. The van der Waals surface area contributed by atoms with Crippen LogP contribution >= 0.6 is 47.1 Å². The van der Waals surface area contributed by atoms with Crippen molar-refractivity contribution in [1.82, 2.24) is 20.5 Å². The number of thiazole rings is 1. The van der Waals surface area contributed by atoms with Crippen LogP contribution in [0, 0.1) is 0 Å². The van der Waals surface area contributed by atoms with Gasteiger partial charge in [-0.15, -0.1) is 35.3 Å². The zero-order chi connectivity index (χ0) is 19.5. The molecule has 0 saturated carbocycles. The number of guanidine groups is 1. The van der Waals surface area contributed by atoms with E-state index >= 15 is 0 Å². The Kier molecular flexibility index (Phi) is 12.2. The molecule has 9 heteroatoms. The molecule has 0 bridgehead atoms. The van der Waals surface area contributed by atoms with Gasteiger partial charge in [-0.1, -0.05) is 23.9 Å². The highest BCUT2D eigenvalue weighted by Crippen LogP contribution is 2.20. The number of rotatable bonds is 9. The molecule has 6 nitrogen and oxygen atoms in total. The Balaban J connectivity index is 0.00000392. The van der Waals surface area contributed by atoms with Gasteiger partial charge in [0.15, 0.2) is 5.96 Å². The predicted molar refractivity (Wildman–Crippen MR) is 130 cm³/mol. The molecule has 28 heavy (non-hydrogen) atoms. The maximum atomic E-state index is 11.9. The van der Waals surface area contributed by atoms with Crippen molar-refractivity contribution in [3.05, 3.63) is 47.0 Å². The second-order valence-electron chi connectivity index (χ2n) is 6.02. The normalized spacial score (nSPS) is 10.9. The van der Waals surface area contributed by atoms with Gasteiger partial charge in [-0.25, -0.2) is 9.98 Å². The van der Waals surface area contributed by atoms with Crippen LogP contribution in [0.5, 0.6) is 0 Å². The molecular weight excluding hydrogens is 505 g/mol. The third-order valence-electron chi connectivity index (χ3n) is 3.62. The first kappa shape index (κ1) is 24.7. The van der Waals surface area contributed by atoms with Crippen molar-refractivity contribution < 1.29 is 4.79 Å². The van der Waals surface area contributed by atoms with E-state index in [0.29, 0.717) is 12.1 Å². The lowest BCUT2D eigenvalue weighted by Crippen LogP contribution is -2.37. The fraction of sp³-hybridized carbons (Fsp3) is 0.421. The van der Waals surface area contributed by atoms with Crippen LogP contribution in [0.3, 0.4) is 0 Å². The Bertz CT molecular complexity index is 720. The van der Waals surface area contributed by atoms with Crippen molar-refractivity contribution in [1.29, 1.82) is 0 Å². The van der Waals surface area contributed by atoms with Crippen LogP contribution in [0.25, 0.3) is 0 Å². The van der Waals surface area contributed by atoms with Crippen molar-refractivity contribution in [2.24, 2.45) is 4.99 Å². The van der Waals surface area contributed by atoms with Crippen LogP contribution < -0.4 is 10.6 Å². The van der Waals surface area contributed by atoms with Gasteiger partial charge in [0.1, 0.15) is 4.34 Å². The van der Waals surface area contributed by atoms with Crippen LogP contribution in [0.15, 0.2) is 45.2 Å². The standard InChI is InChI=1S/C19H27N5OS2.HI/c1-4-20-18(21-10-5-12-26-19-22-11-13-27-19)23-14-15-6-8-16(9-7-15)17(25)24(2)3;/h6-9,11,13H,4-5,10,12,14H2,1-3H3,(H2,20,21,23);1H. The van der Waals surface area contributed by atoms with E-state index in [1.54, 1.807) is 42.1 Å². The molecule has 0 saturated heterocycles. The highest BCUT2D eigenvalue weighted by atomic mass is 127. The Hall–Kier alpha value is -1.33. The zero-order valence-corrected chi connectivity index (χ0v) is 20.4. The zero-order valence-electron chi connectivity index (χ0n) is 16.5. The highest BCUT2D eigenvalue weighted by Gasteiger charge is 2.07. The molecule has 0 spiro atoms. The van der Waals surface area contributed by atoms with Crippen molar-refractivity contribution in [2.45, 2.75) is 24.2 Å². The summed E-state index contributed by atoms with van der Waals surface area (Å²) >= 11 is 3.46. The van der Waals surface area contributed by atoms with Crippen molar-refractivity contribution in [3.63, 3.8) is 0 Å². The molecule has 0 fully saturated rings. The first-order valence-electron chi connectivity index (χ1n) is 8.95. The first-order valence-corrected chi connectivity index (χ1v) is 10.8. The number of amides is 1. The van der Waals surface area contributed by atoms with Crippen LogP contribution in [-0.4, -0.2) is 54.7 Å². The number of nitrogens with zero attached hydrogens (tertiary/aromatic N) is 3. The third kappa shape index (κ3) is 8.78. The van der Waals surface area contributed by atoms with E-state index in [1.165, 1.54) is 0 Å². The topological polar surface area (TPSA) is 69.6 Å². The van der Waals surface area contributed by atoms with Crippen molar-refractivity contribution >= 4 is 58.9 Å². The Morgan fingerprint density at radius 1 is 1.25 bits per heavy atom. The first-order chi connectivity index (χ1) is 13.1. The smallest absolute Gasteiger partial charge is 0.253 e. The Morgan fingerprint density at radius 3 is 2.61 bits per heavy atom. The van der Waals surface area contributed by atoms with Crippen molar-refractivity contribution in [3.8, 4) is 0 Å². The summed E-state index contributed by atoms with van der Waals surface area (Å²) in [5.74, 6) is 1.85. The molecule has 0 radical (unpaired) electrons. The Labute approximate surface area is 192 Å². The molecule has 0 unspecified atom stereocenters. The number of hydrogen-bond donors (Lipinski definition) is 2. The average molecular weight is 534 g/mol. The molecule has 2 rings (SSSR count). The Morgan fingerprint density at radius 2 is 2.00 bits per heavy atom. The fourth-order valence-electron chi connectivity index (χ4n) is 2.24. The van der Waals surface area contributed by atoms with E-state index < -0.39 is 0 Å². The number of nitrogens with one attached hydrogen (secondary N) is 2. The number of aromatic nitrogens is 1. The van der Waals surface area contributed by atoms with E-state index in [0.717, 1.165) is 41.1 Å². The lowest BCUT2D eigenvalue weighted by Gasteiger charge is -2.12. The van der Waals surface area contributed by atoms with Gasteiger partial charge in [-0.05, 0) is 31.0 Å². The molecule has 1 aromatic heterocycles. The van der Waals surface area contributed by atoms with E-state index in [9.17, 15) is 4.79 Å². The number of halogens is 1. The third-order valence-corrected chi connectivity index (χ3v) is 5.67. The molecule has 154 valence electrons. The van der Waals surface area contributed by atoms with Gasteiger partial charge in [0.2, 0.25) is 0 Å². The van der Waals surface area contributed by atoms with Gasteiger partial charge in [-0.2, -0.15) is 0 Å². The summed E-state index contributed by atoms with van der Waals surface area (Å²) < 4.78 is 1.12. The summed E-state index contributed by atoms with van der Waals surface area (Å²) in [4.78, 5) is 22.4. The molecule has 0 atom stereocenters. The summed E-state index contributed by atoms with van der Waals surface area (Å²) in [7, 11) is 3.51. The number of hydrogen-bond acceptors (Lipinski definition) is 5. The largest absolute Gasteiger partial charge is 0.357 e. The predicted octanol–water partition coefficient (Wildman–Crippen LogP) is 3.70. The van der Waals surface area contributed by atoms with Crippen molar-refractivity contribution in [2.75, 3.05) is 32.9 Å². The summed E-state index contributed by atoms with van der Waals surface area (Å²) in [6.45, 7) is 4.30. The SMILES string of the molecule is CCNC(=NCc1ccc(C(=O)N(C)C)cc1)NCCCSc1nccs1.I. The molecule has 2 N–H and O–H groups in total. The van der Waals surface area contributed by atoms with E-state index in [2.05, 4.69) is 27.5 Å². The maximum Gasteiger partial charge on any atom is 0.253 e. The van der Waals surface area contributed by atoms with E-state index in [4.69, 9.17) is 0 Å². The van der Waals surface area contributed by atoms with Gasteiger partial charge in [0, 0.05) is 50.1 Å². The van der Waals surface area contributed by atoms with Gasteiger partial charge in [-0.3, -0.25) is 4.79 Å². The summed E-state index contributed by atoms with van der Waals surface area (Å²) in [6.07, 6.45) is 2.88. The molecule has 1 heterocycles. The number of thioether (sulfide) groups is 1. The van der Waals surface area contributed by atoms with Gasteiger partial charge in [0.25, 0.3) is 5.91 Å². The maximum absolute atomic E-state index is 11.9. The minimum atomic E-state index is 0. The molecule has 0 aliphatic rings. The minimum Gasteiger partial charge on any atom is -0.357 e. The van der Waals surface area contributed by atoms with Gasteiger partial charge >= 0.3 is 0 Å². The number of carbonyl (C=O) groups is 1. The average Bonchev–Trinajstić information content (AvgIpc) is 3.19. The van der Waals surface area contributed by atoms with E-state index in [-0.39, 0.29) is 29.9 Å². The summed E-state index contributed by atoms with van der Waals surface area (Å²) in [5, 5.41) is 8.63. The lowest BCUT2D eigenvalue weighted by atomic mass is 10.1.